The molecule has 0 heterocycles. The number of nitrogens with zero attached hydrogens (tertiary/aromatic N) is 1. The van der Waals surface area contributed by atoms with E-state index in [9.17, 15) is 0 Å². The van der Waals surface area contributed by atoms with Crippen LogP contribution in [0.2, 0.25) is 0 Å². The summed E-state index contributed by atoms with van der Waals surface area (Å²) in [5, 5.41) is 0. The molecule has 3 nitrogen and oxygen atoms in total. The first-order chi connectivity index (χ1) is 8.08. The second-order valence-corrected chi connectivity index (χ2v) is 4.57. The third-order valence-electron chi connectivity index (χ3n) is 2.61. The Morgan fingerprint density at radius 1 is 1.47 bits per heavy atom. The summed E-state index contributed by atoms with van der Waals surface area (Å²) in [6.45, 7) is 4.06. The van der Waals surface area contributed by atoms with Gasteiger partial charge < -0.3 is 15.4 Å². The third-order valence-corrected chi connectivity index (χ3v) is 2.85. The Morgan fingerprint density at radius 3 is 2.71 bits per heavy atom. The molecule has 1 aromatic rings. The van der Waals surface area contributed by atoms with Crippen molar-refractivity contribution < 1.29 is 4.74 Å². The predicted octanol–water partition coefficient (Wildman–Crippen LogP) is 2.17. The summed E-state index contributed by atoms with van der Waals surface area (Å²) in [4.78, 5) is 2.67. The summed E-state index contributed by atoms with van der Waals surface area (Å²) in [5.74, 6) is 0.882. The van der Waals surface area contributed by atoms with Gasteiger partial charge in [0.25, 0.3) is 0 Å². The summed E-state index contributed by atoms with van der Waals surface area (Å²) in [6.07, 6.45) is 1.13. The number of thiocarbonyl (C=S) groups is 1. The Labute approximate surface area is 109 Å². The molecule has 0 spiro atoms. The number of hydrogen-bond acceptors (Lipinski definition) is 3. The summed E-state index contributed by atoms with van der Waals surface area (Å²) in [7, 11) is 3.77. The maximum Gasteiger partial charge on any atom is 0.123 e. The van der Waals surface area contributed by atoms with Crippen LogP contribution < -0.4 is 10.5 Å². The molecule has 94 valence electrons. The second-order valence-electron chi connectivity index (χ2n) is 4.13. The second kappa shape index (κ2) is 6.57. The molecule has 0 saturated heterocycles. The molecule has 0 saturated carbocycles. The fraction of sp³-hybridized carbons (Fsp3) is 0.462. The zero-order valence-corrected chi connectivity index (χ0v) is 11.5. The fourth-order valence-electron chi connectivity index (χ4n) is 1.81. The van der Waals surface area contributed by atoms with Crippen molar-refractivity contribution in [3.63, 3.8) is 0 Å². The smallest absolute Gasteiger partial charge is 0.123 e. The van der Waals surface area contributed by atoms with E-state index in [1.54, 1.807) is 7.11 Å². The van der Waals surface area contributed by atoms with E-state index in [4.69, 9.17) is 22.7 Å². The van der Waals surface area contributed by atoms with Crippen LogP contribution in [0.15, 0.2) is 18.2 Å². The van der Waals surface area contributed by atoms with Crippen LogP contribution >= 0.6 is 12.2 Å². The van der Waals surface area contributed by atoms with Crippen LogP contribution in [0.25, 0.3) is 0 Å². The van der Waals surface area contributed by atoms with Gasteiger partial charge in [-0.05, 0) is 38.2 Å². The molecule has 0 aromatic heterocycles. The number of hydrogen-bond donors (Lipinski definition) is 1. The lowest BCUT2D eigenvalue weighted by molar-refractivity contribution is 0.318. The Hall–Kier alpha value is -1.13. The fourth-order valence-corrected chi connectivity index (χ4v) is 1.93. The largest absolute Gasteiger partial charge is 0.496 e. The normalized spacial score (nSPS) is 10.6. The highest BCUT2D eigenvalue weighted by Crippen LogP contribution is 2.21. The summed E-state index contributed by atoms with van der Waals surface area (Å²) in [6, 6.07) is 5.82. The van der Waals surface area contributed by atoms with Crippen LogP contribution in [0.5, 0.6) is 5.75 Å². The van der Waals surface area contributed by atoms with Gasteiger partial charge in [-0.1, -0.05) is 19.1 Å². The molecule has 0 atom stereocenters. The molecule has 0 fully saturated rings. The molecule has 2 N–H and O–H groups in total. The molecule has 0 unspecified atom stereocenters. The number of benzene rings is 1. The average molecular weight is 252 g/mol. The average Bonchev–Trinajstić information content (AvgIpc) is 2.29. The molecule has 17 heavy (non-hydrogen) atoms. The van der Waals surface area contributed by atoms with Crippen LogP contribution in [0.1, 0.15) is 24.5 Å². The van der Waals surface area contributed by atoms with Crippen LogP contribution in [-0.4, -0.2) is 30.6 Å². The molecule has 0 radical (unpaired) electrons. The van der Waals surface area contributed by atoms with Crippen molar-refractivity contribution in [3.05, 3.63) is 29.3 Å². The van der Waals surface area contributed by atoms with E-state index >= 15 is 0 Å². The number of nitrogens with two attached hydrogens (primary N) is 1. The number of ether oxygens (including phenoxy) is 1. The number of rotatable bonds is 6. The van der Waals surface area contributed by atoms with E-state index in [2.05, 4.69) is 18.9 Å². The summed E-state index contributed by atoms with van der Waals surface area (Å²) < 4.78 is 5.35. The zero-order valence-electron chi connectivity index (χ0n) is 10.7. The maximum absolute atomic E-state index is 5.64. The Morgan fingerprint density at radius 2 is 2.18 bits per heavy atom. The van der Waals surface area contributed by atoms with Gasteiger partial charge in [0, 0.05) is 17.7 Å². The quantitative estimate of drug-likeness (QED) is 0.788. The standard InChI is InChI=1S/C13H20N2OS/c1-4-7-15(2)9-11-8-10(13(14)17)5-6-12(11)16-3/h5-6,8H,4,7,9H2,1-3H3,(H2,14,17). The van der Waals surface area contributed by atoms with Crippen molar-refractivity contribution in [3.8, 4) is 5.75 Å². The van der Waals surface area contributed by atoms with Gasteiger partial charge in [-0.3, -0.25) is 0 Å². The molecular weight excluding hydrogens is 232 g/mol. The van der Waals surface area contributed by atoms with Crippen molar-refractivity contribution in [1.82, 2.24) is 4.90 Å². The van der Waals surface area contributed by atoms with Crippen molar-refractivity contribution >= 4 is 17.2 Å². The zero-order chi connectivity index (χ0) is 12.8. The molecular formula is C13H20N2OS. The van der Waals surface area contributed by atoms with Crippen LogP contribution in [0.4, 0.5) is 0 Å². The van der Waals surface area contributed by atoms with Crippen LogP contribution in [0.3, 0.4) is 0 Å². The van der Waals surface area contributed by atoms with Gasteiger partial charge in [0.05, 0.1) is 7.11 Å². The maximum atomic E-state index is 5.64. The van der Waals surface area contributed by atoms with E-state index in [-0.39, 0.29) is 0 Å². The van der Waals surface area contributed by atoms with Crippen molar-refractivity contribution in [2.45, 2.75) is 19.9 Å². The van der Waals surface area contributed by atoms with Crippen LogP contribution in [0, 0.1) is 0 Å². The van der Waals surface area contributed by atoms with Crippen LogP contribution in [-0.2, 0) is 6.54 Å². The molecule has 0 aliphatic heterocycles. The first-order valence-electron chi connectivity index (χ1n) is 5.73. The Bertz CT molecular complexity index is 393. The first-order valence-corrected chi connectivity index (χ1v) is 6.14. The van der Waals surface area contributed by atoms with Gasteiger partial charge in [-0.25, -0.2) is 0 Å². The van der Waals surface area contributed by atoms with Gasteiger partial charge in [-0.2, -0.15) is 0 Å². The monoisotopic (exact) mass is 252 g/mol. The molecule has 4 heteroatoms. The molecule has 0 bridgehead atoms. The van der Waals surface area contributed by atoms with Crippen molar-refractivity contribution in [2.24, 2.45) is 5.73 Å². The van der Waals surface area contributed by atoms with E-state index in [0.717, 1.165) is 36.4 Å². The van der Waals surface area contributed by atoms with Crippen molar-refractivity contribution in [2.75, 3.05) is 20.7 Å². The van der Waals surface area contributed by atoms with Gasteiger partial charge in [0.1, 0.15) is 10.7 Å². The topological polar surface area (TPSA) is 38.5 Å². The van der Waals surface area contributed by atoms with Gasteiger partial charge in [0.2, 0.25) is 0 Å². The molecule has 1 rings (SSSR count). The molecule has 0 aliphatic carbocycles. The first kappa shape index (κ1) is 13.9. The van der Waals surface area contributed by atoms with Gasteiger partial charge in [0.15, 0.2) is 0 Å². The van der Waals surface area contributed by atoms with E-state index in [1.165, 1.54) is 0 Å². The van der Waals surface area contributed by atoms with E-state index < -0.39 is 0 Å². The lowest BCUT2D eigenvalue weighted by atomic mass is 10.1. The minimum atomic E-state index is 0.423. The summed E-state index contributed by atoms with van der Waals surface area (Å²) in [5.41, 5.74) is 7.65. The molecule has 1 aromatic carbocycles. The predicted molar refractivity (Wildman–Crippen MR) is 75.5 cm³/mol. The SMILES string of the molecule is CCCN(C)Cc1cc(C(N)=S)ccc1OC. The Balaban J connectivity index is 2.93. The highest BCUT2D eigenvalue weighted by molar-refractivity contribution is 7.80. The van der Waals surface area contributed by atoms with Crippen molar-refractivity contribution in [1.29, 1.82) is 0 Å². The lowest BCUT2D eigenvalue weighted by Crippen LogP contribution is -2.19. The molecule has 0 amide bonds. The minimum absolute atomic E-state index is 0.423. The molecule has 0 aliphatic rings. The third kappa shape index (κ3) is 3.98. The minimum Gasteiger partial charge on any atom is -0.496 e. The van der Waals surface area contributed by atoms with E-state index in [0.29, 0.717) is 4.99 Å². The van der Waals surface area contributed by atoms with E-state index in [1.807, 2.05) is 18.2 Å². The lowest BCUT2D eigenvalue weighted by Gasteiger charge is -2.18. The highest BCUT2D eigenvalue weighted by atomic mass is 32.1. The van der Waals surface area contributed by atoms with Gasteiger partial charge in [-0.15, -0.1) is 0 Å². The summed E-state index contributed by atoms with van der Waals surface area (Å²) >= 11 is 4.99. The highest BCUT2D eigenvalue weighted by Gasteiger charge is 2.08. The van der Waals surface area contributed by atoms with Gasteiger partial charge >= 0.3 is 0 Å². The Kier molecular flexibility index (Phi) is 5.38. The number of methoxy groups -OCH3 is 1.